The molecule has 1 unspecified atom stereocenters. The zero-order chi connectivity index (χ0) is 13.3. The molecule has 0 radical (unpaired) electrons. The number of rotatable bonds is 1. The van der Waals surface area contributed by atoms with E-state index in [0.717, 1.165) is 38.3 Å². The molecule has 19 heavy (non-hydrogen) atoms. The van der Waals surface area contributed by atoms with E-state index in [0.29, 0.717) is 12.1 Å². The molecule has 1 aromatic carbocycles. The van der Waals surface area contributed by atoms with E-state index in [2.05, 4.69) is 5.32 Å². The smallest absolute Gasteiger partial charge is 0.164 e. The van der Waals surface area contributed by atoms with Gasteiger partial charge in [0.2, 0.25) is 0 Å². The van der Waals surface area contributed by atoms with E-state index in [1.54, 1.807) is 12.1 Å². The van der Waals surface area contributed by atoms with Crippen LogP contribution in [-0.4, -0.2) is 18.7 Å². The molecule has 1 spiro atoms. The summed E-state index contributed by atoms with van der Waals surface area (Å²) in [5, 5.41) is 3.33. The van der Waals surface area contributed by atoms with Crippen molar-refractivity contribution in [1.82, 2.24) is 5.32 Å². The Hall–Kier alpha value is -1.00. The highest BCUT2D eigenvalue weighted by atomic mass is 19.2. The molecule has 4 heteroatoms. The largest absolute Gasteiger partial charge is 0.364 e. The van der Waals surface area contributed by atoms with Crippen LogP contribution in [0.4, 0.5) is 8.78 Å². The number of hydrogen-bond acceptors (Lipinski definition) is 2. The SMILES string of the molecule is Fc1cccc(C2CNCC3(CCCCC3)O2)c1F. The van der Waals surface area contributed by atoms with E-state index < -0.39 is 11.6 Å². The second kappa shape index (κ2) is 5.17. The zero-order valence-corrected chi connectivity index (χ0v) is 10.9. The van der Waals surface area contributed by atoms with Crippen molar-refractivity contribution in [2.75, 3.05) is 13.1 Å². The first-order chi connectivity index (χ1) is 9.20. The molecule has 0 bridgehead atoms. The summed E-state index contributed by atoms with van der Waals surface area (Å²) in [5.74, 6) is -1.58. The van der Waals surface area contributed by atoms with Crippen LogP contribution in [0.5, 0.6) is 0 Å². The molecule has 0 aromatic heterocycles. The molecule has 0 amide bonds. The number of ether oxygens (including phenoxy) is 1. The number of benzene rings is 1. The predicted molar refractivity (Wildman–Crippen MR) is 68.9 cm³/mol. The van der Waals surface area contributed by atoms with Gasteiger partial charge in [0.25, 0.3) is 0 Å². The van der Waals surface area contributed by atoms with Gasteiger partial charge in [-0.05, 0) is 18.9 Å². The highest BCUT2D eigenvalue weighted by Crippen LogP contribution is 2.38. The number of halogens is 2. The van der Waals surface area contributed by atoms with Gasteiger partial charge in [-0.25, -0.2) is 8.78 Å². The molecular weight excluding hydrogens is 248 g/mol. The highest BCUT2D eigenvalue weighted by molar-refractivity contribution is 5.22. The summed E-state index contributed by atoms with van der Waals surface area (Å²) < 4.78 is 33.3. The van der Waals surface area contributed by atoms with Gasteiger partial charge in [-0.1, -0.05) is 31.4 Å². The van der Waals surface area contributed by atoms with Gasteiger partial charge in [0, 0.05) is 18.7 Å². The number of hydrogen-bond donors (Lipinski definition) is 1. The summed E-state index contributed by atoms with van der Waals surface area (Å²) in [6.07, 6.45) is 5.17. The molecule has 1 atom stereocenters. The molecule has 1 aliphatic carbocycles. The monoisotopic (exact) mass is 267 g/mol. The molecule has 2 fully saturated rings. The molecule has 104 valence electrons. The highest BCUT2D eigenvalue weighted by Gasteiger charge is 2.39. The maximum Gasteiger partial charge on any atom is 0.164 e. The first kappa shape index (κ1) is 13.0. The Morgan fingerprint density at radius 2 is 1.95 bits per heavy atom. The van der Waals surface area contributed by atoms with E-state index in [1.807, 2.05) is 0 Å². The Morgan fingerprint density at radius 3 is 2.74 bits per heavy atom. The van der Waals surface area contributed by atoms with Crippen molar-refractivity contribution in [1.29, 1.82) is 0 Å². The van der Waals surface area contributed by atoms with Gasteiger partial charge in [-0.15, -0.1) is 0 Å². The predicted octanol–water partition coefficient (Wildman–Crippen LogP) is 3.33. The van der Waals surface area contributed by atoms with Gasteiger partial charge in [-0.2, -0.15) is 0 Å². The molecular formula is C15H19F2NO. The lowest BCUT2D eigenvalue weighted by molar-refractivity contribution is -0.136. The second-order valence-electron chi connectivity index (χ2n) is 5.62. The first-order valence-electron chi connectivity index (χ1n) is 7.03. The average Bonchev–Trinajstić information content (AvgIpc) is 2.43. The van der Waals surface area contributed by atoms with E-state index >= 15 is 0 Å². The second-order valence-corrected chi connectivity index (χ2v) is 5.62. The average molecular weight is 267 g/mol. The van der Waals surface area contributed by atoms with Gasteiger partial charge in [0.15, 0.2) is 11.6 Å². The summed E-state index contributed by atoms with van der Waals surface area (Å²) in [4.78, 5) is 0. The maximum absolute atomic E-state index is 13.9. The fraction of sp³-hybridized carbons (Fsp3) is 0.600. The normalized spacial score (nSPS) is 26.5. The standard InChI is InChI=1S/C15H19F2NO/c16-12-6-4-5-11(14(12)17)13-9-18-10-15(19-13)7-2-1-3-8-15/h4-6,13,18H,1-3,7-10H2. The van der Waals surface area contributed by atoms with E-state index in [4.69, 9.17) is 4.74 Å². The van der Waals surface area contributed by atoms with E-state index in [1.165, 1.54) is 6.42 Å². The third-order valence-electron chi connectivity index (χ3n) is 4.26. The van der Waals surface area contributed by atoms with Crippen molar-refractivity contribution in [2.45, 2.75) is 43.8 Å². The fourth-order valence-corrected chi connectivity index (χ4v) is 3.25. The lowest BCUT2D eigenvalue weighted by atomic mass is 9.83. The molecule has 1 N–H and O–H groups in total. The van der Waals surface area contributed by atoms with Crippen LogP contribution >= 0.6 is 0 Å². The third kappa shape index (κ3) is 2.51. The first-order valence-corrected chi connectivity index (χ1v) is 7.03. The van der Waals surface area contributed by atoms with Gasteiger partial charge >= 0.3 is 0 Å². The Balaban J connectivity index is 1.83. The Bertz CT molecular complexity index is 452. The summed E-state index contributed by atoms with van der Waals surface area (Å²) in [5.41, 5.74) is 0.150. The summed E-state index contributed by atoms with van der Waals surface area (Å²) in [6, 6.07) is 4.30. The van der Waals surface area contributed by atoms with E-state index in [-0.39, 0.29) is 11.7 Å². The molecule has 1 aliphatic heterocycles. The quantitative estimate of drug-likeness (QED) is 0.842. The van der Waals surface area contributed by atoms with Crippen molar-refractivity contribution < 1.29 is 13.5 Å². The lowest BCUT2D eigenvalue weighted by Gasteiger charge is -2.44. The van der Waals surface area contributed by atoms with Crippen molar-refractivity contribution in [3.8, 4) is 0 Å². The summed E-state index contributed by atoms with van der Waals surface area (Å²) in [7, 11) is 0. The molecule has 2 aliphatic rings. The minimum atomic E-state index is -0.802. The topological polar surface area (TPSA) is 21.3 Å². The van der Waals surface area contributed by atoms with Gasteiger partial charge in [0.1, 0.15) is 0 Å². The molecule has 1 heterocycles. The van der Waals surface area contributed by atoms with Crippen molar-refractivity contribution in [2.24, 2.45) is 0 Å². The van der Waals surface area contributed by atoms with Crippen LogP contribution in [0.1, 0.15) is 43.8 Å². The minimum absolute atomic E-state index is 0.181. The molecule has 1 saturated carbocycles. The number of morpholine rings is 1. The van der Waals surface area contributed by atoms with E-state index in [9.17, 15) is 8.78 Å². The Labute approximate surface area is 112 Å². The summed E-state index contributed by atoms with van der Waals surface area (Å²) in [6.45, 7) is 1.36. The maximum atomic E-state index is 13.9. The van der Waals surface area contributed by atoms with Gasteiger partial charge in [-0.3, -0.25) is 0 Å². The molecule has 2 nitrogen and oxygen atoms in total. The van der Waals surface area contributed by atoms with Crippen LogP contribution in [0.25, 0.3) is 0 Å². The van der Waals surface area contributed by atoms with Crippen LogP contribution in [0.3, 0.4) is 0 Å². The summed E-state index contributed by atoms with van der Waals surface area (Å²) >= 11 is 0. The third-order valence-corrected chi connectivity index (χ3v) is 4.26. The van der Waals surface area contributed by atoms with Gasteiger partial charge < -0.3 is 10.1 Å². The van der Waals surface area contributed by atoms with Crippen LogP contribution in [-0.2, 0) is 4.74 Å². The zero-order valence-electron chi connectivity index (χ0n) is 10.9. The van der Waals surface area contributed by atoms with Crippen LogP contribution < -0.4 is 5.32 Å². The van der Waals surface area contributed by atoms with Crippen LogP contribution in [0.15, 0.2) is 18.2 Å². The minimum Gasteiger partial charge on any atom is -0.364 e. The Kier molecular flexibility index (Phi) is 3.54. The lowest BCUT2D eigenvalue weighted by Crippen LogP contribution is -2.52. The van der Waals surface area contributed by atoms with Crippen molar-refractivity contribution in [3.05, 3.63) is 35.4 Å². The van der Waals surface area contributed by atoms with Crippen molar-refractivity contribution >= 4 is 0 Å². The molecule has 1 aromatic rings. The fourth-order valence-electron chi connectivity index (χ4n) is 3.25. The van der Waals surface area contributed by atoms with Crippen LogP contribution in [0.2, 0.25) is 0 Å². The Morgan fingerprint density at radius 1 is 1.16 bits per heavy atom. The van der Waals surface area contributed by atoms with Crippen molar-refractivity contribution in [3.63, 3.8) is 0 Å². The van der Waals surface area contributed by atoms with Gasteiger partial charge in [0.05, 0.1) is 11.7 Å². The van der Waals surface area contributed by atoms with Crippen LogP contribution in [0, 0.1) is 11.6 Å². The number of nitrogens with one attached hydrogen (secondary N) is 1. The molecule has 3 rings (SSSR count). The molecule has 1 saturated heterocycles.